The Bertz CT molecular complexity index is 811. The SMILES string of the molecule is O=C(CCCNC(=O)[C@@H]1CC(=O)N(c2ccccc2)C1)NCc1ccccn1. The maximum Gasteiger partial charge on any atom is 0.227 e. The van der Waals surface area contributed by atoms with Crippen molar-refractivity contribution in [3.05, 3.63) is 60.4 Å². The summed E-state index contributed by atoms with van der Waals surface area (Å²) in [6.07, 6.45) is 2.77. The van der Waals surface area contributed by atoms with E-state index >= 15 is 0 Å². The van der Waals surface area contributed by atoms with Gasteiger partial charge in [0.2, 0.25) is 17.7 Å². The Morgan fingerprint density at radius 3 is 2.61 bits per heavy atom. The molecule has 28 heavy (non-hydrogen) atoms. The fourth-order valence-corrected chi connectivity index (χ4v) is 3.13. The number of benzene rings is 1. The average Bonchev–Trinajstić information content (AvgIpc) is 3.13. The van der Waals surface area contributed by atoms with Gasteiger partial charge in [0.1, 0.15) is 0 Å². The summed E-state index contributed by atoms with van der Waals surface area (Å²) in [6, 6.07) is 14.9. The van der Waals surface area contributed by atoms with Crippen LogP contribution in [0.15, 0.2) is 54.7 Å². The molecule has 1 aliphatic rings. The minimum atomic E-state index is -0.356. The van der Waals surface area contributed by atoms with Gasteiger partial charge in [-0.1, -0.05) is 24.3 Å². The van der Waals surface area contributed by atoms with Crippen molar-refractivity contribution in [2.45, 2.75) is 25.8 Å². The smallest absolute Gasteiger partial charge is 0.227 e. The standard InChI is InChI=1S/C21H24N4O3/c26-19(24-14-17-7-4-5-11-22-17)10-6-12-23-21(28)16-13-20(27)25(15-16)18-8-2-1-3-9-18/h1-5,7-9,11,16H,6,10,12-15H2,(H,23,28)(H,24,26)/t16-/m1/s1. The number of carbonyl (C=O) groups is 3. The van der Waals surface area contributed by atoms with Crippen molar-refractivity contribution < 1.29 is 14.4 Å². The molecule has 3 amide bonds. The van der Waals surface area contributed by atoms with Crippen LogP contribution in [0.25, 0.3) is 0 Å². The molecule has 0 saturated carbocycles. The highest BCUT2D eigenvalue weighted by Crippen LogP contribution is 2.24. The number of para-hydroxylation sites is 1. The Hall–Kier alpha value is -3.22. The van der Waals surface area contributed by atoms with Crippen LogP contribution in [-0.4, -0.2) is 35.8 Å². The summed E-state index contributed by atoms with van der Waals surface area (Å²) < 4.78 is 0. The highest BCUT2D eigenvalue weighted by atomic mass is 16.2. The fourth-order valence-electron chi connectivity index (χ4n) is 3.13. The molecule has 0 radical (unpaired) electrons. The van der Waals surface area contributed by atoms with Gasteiger partial charge in [-0.05, 0) is 30.7 Å². The van der Waals surface area contributed by atoms with Gasteiger partial charge in [-0.25, -0.2) is 0 Å². The lowest BCUT2D eigenvalue weighted by atomic mass is 10.1. The first-order valence-corrected chi connectivity index (χ1v) is 9.43. The van der Waals surface area contributed by atoms with Gasteiger partial charge < -0.3 is 15.5 Å². The minimum absolute atomic E-state index is 0.0414. The molecular formula is C21H24N4O3. The van der Waals surface area contributed by atoms with Gasteiger partial charge in [0.25, 0.3) is 0 Å². The Kier molecular flexibility index (Phi) is 6.73. The topological polar surface area (TPSA) is 91.4 Å². The van der Waals surface area contributed by atoms with Crippen LogP contribution < -0.4 is 15.5 Å². The molecule has 2 heterocycles. The van der Waals surface area contributed by atoms with E-state index < -0.39 is 0 Å². The van der Waals surface area contributed by atoms with Crippen molar-refractivity contribution in [2.75, 3.05) is 18.0 Å². The summed E-state index contributed by atoms with van der Waals surface area (Å²) in [4.78, 5) is 42.2. The van der Waals surface area contributed by atoms with Crippen molar-refractivity contribution >= 4 is 23.4 Å². The first kappa shape index (κ1) is 19.5. The van der Waals surface area contributed by atoms with Gasteiger partial charge >= 0.3 is 0 Å². The number of pyridine rings is 1. The lowest BCUT2D eigenvalue weighted by Gasteiger charge is -2.16. The molecule has 0 aliphatic carbocycles. The summed E-state index contributed by atoms with van der Waals surface area (Å²) in [5, 5.41) is 5.64. The summed E-state index contributed by atoms with van der Waals surface area (Å²) in [5.41, 5.74) is 1.62. The van der Waals surface area contributed by atoms with Crippen molar-refractivity contribution in [1.29, 1.82) is 0 Å². The number of carbonyl (C=O) groups excluding carboxylic acids is 3. The van der Waals surface area contributed by atoms with Gasteiger partial charge in [0.15, 0.2) is 0 Å². The molecule has 0 spiro atoms. The van der Waals surface area contributed by atoms with Crippen LogP contribution in [-0.2, 0) is 20.9 Å². The quantitative estimate of drug-likeness (QED) is 0.681. The molecule has 1 atom stereocenters. The van der Waals surface area contributed by atoms with Crippen LogP contribution in [0.3, 0.4) is 0 Å². The molecule has 1 aromatic heterocycles. The maximum atomic E-state index is 12.3. The largest absolute Gasteiger partial charge is 0.356 e. The summed E-state index contributed by atoms with van der Waals surface area (Å²) >= 11 is 0. The van der Waals surface area contributed by atoms with Crippen LogP contribution >= 0.6 is 0 Å². The van der Waals surface area contributed by atoms with Gasteiger partial charge in [-0.3, -0.25) is 19.4 Å². The van der Waals surface area contributed by atoms with Crippen molar-refractivity contribution in [2.24, 2.45) is 5.92 Å². The van der Waals surface area contributed by atoms with E-state index in [0.717, 1.165) is 11.4 Å². The second-order valence-corrected chi connectivity index (χ2v) is 6.73. The monoisotopic (exact) mass is 380 g/mol. The summed E-state index contributed by atoms with van der Waals surface area (Å²) in [6.45, 7) is 1.19. The third-order valence-electron chi connectivity index (χ3n) is 4.64. The summed E-state index contributed by atoms with van der Waals surface area (Å²) in [5.74, 6) is -0.613. The first-order valence-electron chi connectivity index (χ1n) is 9.43. The van der Waals surface area contributed by atoms with Crippen molar-refractivity contribution in [3.8, 4) is 0 Å². The van der Waals surface area contributed by atoms with Crippen LogP contribution in [0.1, 0.15) is 25.0 Å². The van der Waals surface area contributed by atoms with Crippen molar-refractivity contribution in [3.63, 3.8) is 0 Å². The van der Waals surface area contributed by atoms with E-state index in [1.165, 1.54) is 0 Å². The molecule has 1 aromatic carbocycles. The van der Waals surface area contributed by atoms with Crippen molar-refractivity contribution in [1.82, 2.24) is 15.6 Å². The molecular weight excluding hydrogens is 356 g/mol. The van der Waals surface area contributed by atoms with Gasteiger partial charge in [0.05, 0.1) is 18.2 Å². The van der Waals surface area contributed by atoms with E-state index in [-0.39, 0.29) is 30.1 Å². The number of aromatic nitrogens is 1. The summed E-state index contributed by atoms with van der Waals surface area (Å²) in [7, 11) is 0. The fraction of sp³-hybridized carbons (Fsp3) is 0.333. The molecule has 7 heteroatoms. The van der Waals surface area contributed by atoms with E-state index in [0.29, 0.717) is 32.5 Å². The molecule has 1 aliphatic heterocycles. The zero-order valence-corrected chi connectivity index (χ0v) is 15.6. The predicted octanol–water partition coefficient (Wildman–Crippen LogP) is 1.65. The molecule has 146 valence electrons. The first-order chi connectivity index (χ1) is 13.6. The van der Waals surface area contributed by atoms with Gasteiger partial charge in [0, 0.05) is 37.8 Å². The second-order valence-electron chi connectivity index (χ2n) is 6.73. The number of nitrogens with one attached hydrogen (secondary N) is 2. The van der Waals surface area contributed by atoms with E-state index in [9.17, 15) is 14.4 Å². The molecule has 2 N–H and O–H groups in total. The Morgan fingerprint density at radius 2 is 1.86 bits per heavy atom. The maximum absolute atomic E-state index is 12.3. The van der Waals surface area contributed by atoms with Crippen LogP contribution in [0.2, 0.25) is 0 Å². The zero-order chi connectivity index (χ0) is 19.8. The molecule has 7 nitrogen and oxygen atoms in total. The van der Waals surface area contributed by atoms with Crippen LogP contribution in [0.4, 0.5) is 5.69 Å². The predicted molar refractivity (Wildman–Crippen MR) is 105 cm³/mol. The van der Waals surface area contributed by atoms with Crippen LogP contribution in [0.5, 0.6) is 0 Å². The van der Waals surface area contributed by atoms with E-state index in [2.05, 4.69) is 15.6 Å². The van der Waals surface area contributed by atoms with E-state index in [1.54, 1.807) is 11.1 Å². The van der Waals surface area contributed by atoms with E-state index in [1.807, 2.05) is 48.5 Å². The number of nitrogens with zero attached hydrogens (tertiary/aromatic N) is 2. The highest BCUT2D eigenvalue weighted by Gasteiger charge is 2.34. The number of rotatable bonds is 8. The lowest BCUT2D eigenvalue weighted by molar-refractivity contribution is -0.126. The minimum Gasteiger partial charge on any atom is -0.356 e. The lowest BCUT2D eigenvalue weighted by Crippen LogP contribution is -2.34. The van der Waals surface area contributed by atoms with Crippen LogP contribution in [0, 0.1) is 5.92 Å². The second kappa shape index (κ2) is 9.64. The Labute approximate surface area is 164 Å². The number of hydrogen-bond acceptors (Lipinski definition) is 4. The molecule has 1 saturated heterocycles. The Balaban J connectivity index is 1.34. The zero-order valence-electron chi connectivity index (χ0n) is 15.6. The third kappa shape index (κ3) is 5.39. The number of amides is 3. The molecule has 3 rings (SSSR count). The molecule has 0 unspecified atom stereocenters. The molecule has 1 fully saturated rings. The third-order valence-corrected chi connectivity index (χ3v) is 4.64. The van der Waals surface area contributed by atoms with Gasteiger partial charge in [-0.2, -0.15) is 0 Å². The molecule has 2 aromatic rings. The normalized spacial score (nSPS) is 16.1. The van der Waals surface area contributed by atoms with E-state index in [4.69, 9.17) is 0 Å². The Morgan fingerprint density at radius 1 is 1.07 bits per heavy atom. The average molecular weight is 380 g/mol. The highest BCUT2D eigenvalue weighted by molar-refractivity contribution is 6.00. The number of hydrogen-bond donors (Lipinski definition) is 2. The number of anilines is 1. The van der Waals surface area contributed by atoms with Gasteiger partial charge in [-0.15, -0.1) is 0 Å². The molecule has 0 bridgehead atoms.